The molecule has 0 aliphatic carbocycles. The molecule has 0 radical (unpaired) electrons. The molecule has 0 saturated carbocycles. The van der Waals surface area contributed by atoms with Crippen LogP contribution in [-0.2, 0) is 0 Å². The number of oxazole rings is 1. The molecule has 182 valence electrons. The van der Waals surface area contributed by atoms with Crippen molar-refractivity contribution in [1.29, 1.82) is 0 Å². The summed E-state index contributed by atoms with van der Waals surface area (Å²) < 4.78 is 23.6. The first kappa shape index (κ1) is 23.5. The maximum atomic E-state index is 6.06. The lowest BCUT2D eigenvalue weighted by molar-refractivity contribution is 0.205. The van der Waals surface area contributed by atoms with Crippen molar-refractivity contribution < 1.29 is 18.6 Å². The monoisotopic (exact) mass is 492 g/mol. The Balaban J connectivity index is 1.26. The zero-order valence-corrected chi connectivity index (χ0v) is 20.6. The second-order valence-corrected chi connectivity index (χ2v) is 9.11. The van der Waals surface area contributed by atoms with Gasteiger partial charge in [0.2, 0.25) is 5.89 Å². The van der Waals surface area contributed by atoms with Crippen molar-refractivity contribution in [3.8, 4) is 34.5 Å². The van der Waals surface area contributed by atoms with Gasteiger partial charge in [-0.1, -0.05) is 18.0 Å². The molecule has 35 heavy (non-hydrogen) atoms. The smallest absolute Gasteiger partial charge is 0.231 e. The molecule has 0 atom stereocenters. The molecule has 1 aliphatic heterocycles. The number of nitrogens with zero attached hydrogens (tertiary/aromatic N) is 2. The highest BCUT2D eigenvalue weighted by Crippen LogP contribution is 2.36. The summed E-state index contributed by atoms with van der Waals surface area (Å²) in [5, 5.41) is 0.662. The number of fused-ring (bicyclic) bond motifs is 1. The summed E-state index contributed by atoms with van der Waals surface area (Å²) in [6.07, 6.45) is 4.99. The number of hydrogen-bond acceptors (Lipinski definition) is 6. The van der Waals surface area contributed by atoms with Gasteiger partial charge in [-0.15, -0.1) is 0 Å². The molecule has 0 N–H and O–H groups in total. The molecule has 0 bridgehead atoms. The third kappa shape index (κ3) is 5.89. The first-order valence-electron chi connectivity index (χ1n) is 12.1. The average molecular weight is 493 g/mol. The predicted octanol–water partition coefficient (Wildman–Crippen LogP) is 7.20. The lowest BCUT2D eigenvalue weighted by Gasteiger charge is -2.26. The molecule has 2 heterocycles. The van der Waals surface area contributed by atoms with Crippen molar-refractivity contribution in [2.45, 2.75) is 25.7 Å². The van der Waals surface area contributed by atoms with Crippen LogP contribution < -0.4 is 14.2 Å². The molecule has 1 fully saturated rings. The van der Waals surface area contributed by atoms with E-state index >= 15 is 0 Å². The third-order valence-electron chi connectivity index (χ3n) is 6.15. The fourth-order valence-corrected chi connectivity index (χ4v) is 4.45. The fourth-order valence-electron chi connectivity index (χ4n) is 4.32. The Morgan fingerprint density at radius 1 is 0.914 bits per heavy atom. The normalized spacial score (nSPS) is 14.2. The van der Waals surface area contributed by atoms with Crippen LogP contribution >= 0.6 is 11.6 Å². The van der Waals surface area contributed by atoms with Gasteiger partial charge in [-0.05, 0) is 80.9 Å². The first-order chi connectivity index (χ1) is 17.2. The number of hydrogen-bond donors (Lipinski definition) is 0. The van der Waals surface area contributed by atoms with E-state index in [0.717, 1.165) is 29.8 Å². The van der Waals surface area contributed by atoms with Crippen LogP contribution in [0, 0.1) is 0 Å². The molecule has 5 rings (SSSR count). The standard InChI is InChI=1S/C28H29ClN2O4/c1-32-26-18-22(33-17-5-16-31-14-3-2-4-15-31)10-12-24(26)28-30-25-13-11-23(19-27(25)35-28)34-21-8-6-20(29)7-9-21/h6-13,18-19H,2-5,14-17H2,1H3. The summed E-state index contributed by atoms with van der Waals surface area (Å²) in [6.45, 7) is 4.18. The molecular weight excluding hydrogens is 464 g/mol. The summed E-state index contributed by atoms with van der Waals surface area (Å²) in [7, 11) is 1.64. The Hall–Kier alpha value is -3.22. The summed E-state index contributed by atoms with van der Waals surface area (Å²) in [5.41, 5.74) is 2.14. The maximum Gasteiger partial charge on any atom is 0.231 e. The zero-order chi connectivity index (χ0) is 24.0. The Morgan fingerprint density at radius 2 is 1.69 bits per heavy atom. The van der Waals surface area contributed by atoms with Crippen LogP contribution in [-0.4, -0.2) is 43.2 Å². The van der Waals surface area contributed by atoms with Crippen molar-refractivity contribution in [1.82, 2.24) is 9.88 Å². The van der Waals surface area contributed by atoms with Crippen molar-refractivity contribution in [3.05, 3.63) is 65.7 Å². The van der Waals surface area contributed by atoms with E-state index < -0.39 is 0 Å². The lowest BCUT2D eigenvalue weighted by Crippen LogP contribution is -2.31. The van der Waals surface area contributed by atoms with Crippen LogP contribution in [0.1, 0.15) is 25.7 Å². The number of methoxy groups -OCH3 is 1. The van der Waals surface area contributed by atoms with Crippen molar-refractivity contribution >= 4 is 22.7 Å². The number of benzene rings is 3. The van der Waals surface area contributed by atoms with E-state index in [9.17, 15) is 0 Å². The van der Waals surface area contributed by atoms with Crippen LogP contribution in [0.3, 0.4) is 0 Å². The molecule has 6 nitrogen and oxygen atoms in total. The second kappa shape index (κ2) is 11.0. The number of likely N-dealkylation sites (tertiary alicyclic amines) is 1. The summed E-state index contributed by atoms with van der Waals surface area (Å²) in [5.74, 6) is 3.27. The van der Waals surface area contributed by atoms with E-state index in [4.69, 9.17) is 30.2 Å². The van der Waals surface area contributed by atoms with E-state index in [1.165, 1.54) is 32.4 Å². The van der Waals surface area contributed by atoms with Gasteiger partial charge in [0, 0.05) is 23.7 Å². The molecule has 0 spiro atoms. The number of piperidine rings is 1. The SMILES string of the molecule is COc1cc(OCCCN2CCCCC2)ccc1-c1nc2ccc(Oc3ccc(Cl)cc3)cc2o1. The molecule has 1 saturated heterocycles. The molecular formula is C28H29ClN2O4. The third-order valence-corrected chi connectivity index (χ3v) is 6.40. The molecule has 1 aliphatic rings. The largest absolute Gasteiger partial charge is 0.496 e. The van der Waals surface area contributed by atoms with Crippen molar-refractivity contribution in [3.63, 3.8) is 0 Å². The minimum Gasteiger partial charge on any atom is -0.496 e. The van der Waals surface area contributed by atoms with Gasteiger partial charge >= 0.3 is 0 Å². The highest BCUT2D eigenvalue weighted by atomic mass is 35.5. The zero-order valence-electron chi connectivity index (χ0n) is 19.8. The molecule has 0 unspecified atom stereocenters. The van der Waals surface area contributed by atoms with E-state index in [0.29, 0.717) is 40.4 Å². The van der Waals surface area contributed by atoms with Gasteiger partial charge < -0.3 is 23.5 Å². The van der Waals surface area contributed by atoms with Crippen molar-refractivity contribution in [2.24, 2.45) is 0 Å². The van der Waals surface area contributed by atoms with Crippen LogP contribution in [0.5, 0.6) is 23.0 Å². The average Bonchev–Trinajstić information content (AvgIpc) is 3.32. The summed E-state index contributed by atoms with van der Waals surface area (Å²) in [4.78, 5) is 7.17. The maximum absolute atomic E-state index is 6.06. The Bertz CT molecular complexity index is 1270. The van der Waals surface area contributed by atoms with Gasteiger partial charge in [-0.2, -0.15) is 0 Å². The number of rotatable bonds is 9. The van der Waals surface area contributed by atoms with Gasteiger partial charge in [0.05, 0.1) is 19.3 Å². The van der Waals surface area contributed by atoms with E-state index in [1.54, 1.807) is 19.2 Å². The Labute approximate surface area is 210 Å². The van der Waals surface area contributed by atoms with E-state index in [1.807, 2.05) is 48.5 Å². The molecule has 4 aromatic rings. The van der Waals surface area contributed by atoms with Crippen molar-refractivity contribution in [2.75, 3.05) is 33.4 Å². The predicted molar refractivity (Wildman–Crippen MR) is 138 cm³/mol. The molecule has 3 aromatic carbocycles. The van der Waals surface area contributed by atoms with Gasteiger partial charge in [0.1, 0.15) is 28.5 Å². The van der Waals surface area contributed by atoms with Crippen LogP contribution in [0.25, 0.3) is 22.6 Å². The molecule has 7 heteroatoms. The minimum absolute atomic E-state index is 0.483. The van der Waals surface area contributed by atoms with Crippen LogP contribution in [0.2, 0.25) is 5.02 Å². The first-order valence-corrected chi connectivity index (χ1v) is 12.4. The summed E-state index contributed by atoms with van der Waals surface area (Å²) >= 11 is 5.95. The van der Waals surface area contributed by atoms with E-state index in [-0.39, 0.29) is 0 Å². The highest BCUT2D eigenvalue weighted by molar-refractivity contribution is 6.30. The number of halogens is 1. The quantitative estimate of drug-likeness (QED) is 0.230. The summed E-state index contributed by atoms with van der Waals surface area (Å²) in [6, 6.07) is 18.5. The Morgan fingerprint density at radius 3 is 2.49 bits per heavy atom. The number of aromatic nitrogens is 1. The second-order valence-electron chi connectivity index (χ2n) is 8.67. The fraction of sp³-hybridized carbons (Fsp3) is 0.321. The lowest BCUT2D eigenvalue weighted by atomic mass is 10.1. The highest BCUT2D eigenvalue weighted by Gasteiger charge is 2.15. The van der Waals surface area contributed by atoms with Gasteiger partial charge in [-0.3, -0.25) is 0 Å². The molecule has 1 aromatic heterocycles. The van der Waals surface area contributed by atoms with Gasteiger partial charge in [0.15, 0.2) is 5.58 Å². The Kier molecular flexibility index (Phi) is 7.40. The van der Waals surface area contributed by atoms with Gasteiger partial charge in [0.25, 0.3) is 0 Å². The van der Waals surface area contributed by atoms with Gasteiger partial charge in [-0.25, -0.2) is 4.98 Å². The molecule has 0 amide bonds. The topological polar surface area (TPSA) is 57.0 Å². The minimum atomic E-state index is 0.483. The van der Waals surface area contributed by atoms with E-state index in [2.05, 4.69) is 9.88 Å². The van der Waals surface area contributed by atoms with Crippen LogP contribution in [0.4, 0.5) is 0 Å². The number of ether oxygens (including phenoxy) is 3. The van der Waals surface area contributed by atoms with Crippen LogP contribution in [0.15, 0.2) is 65.1 Å².